The van der Waals surface area contributed by atoms with Crippen LogP contribution in [0.15, 0.2) is 0 Å². The van der Waals surface area contributed by atoms with Crippen LogP contribution in [-0.2, 0) is 19.1 Å². The molecular weight excluding hydrogens is 392 g/mol. The molecule has 2 rings (SSSR count). The van der Waals surface area contributed by atoms with E-state index in [2.05, 4.69) is 10.6 Å². The zero-order valence-electron chi connectivity index (χ0n) is 16.2. The monoisotopic (exact) mass is 422 g/mol. The van der Waals surface area contributed by atoms with Crippen LogP contribution in [0.3, 0.4) is 0 Å². The lowest BCUT2D eigenvalue weighted by Gasteiger charge is -2.47. The highest BCUT2D eigenvalue weighted by molar-refractivity contribution is 5.73. The molecule has 12 heteroatoms. The minimum Gasteiger partial charge on any atom is -0.394 e. The molecule has 2 unspecified atom stereocenters. The summed E-state index contributed by atoms with van der Waals surface area (Å²) >= 11 is 0. The Morgan fingerprint density at radius 3 is 1.31 bits per heavy atom. The van der Waals surface area contributed by atoms with Crippen molar-refractivity contribution in [2.24, 2.45) is 0 Å². The van der Waals surface area contributed by atoms with Gasteiger partial charge in [0, 0.05) is 20.3 Å². The molecule has 12 nitrogen and oxygen atoms in total. The normalized spacial score (nSPS) is 42.9. The van der Waals surface area contributed by atoms with E-state index >= 15 is 0 Å². The molecule has 2 aliphatic rings. The number of hydrogen-bond acceptors (Lipinski definition) is 10. The predicted octanol–water partition coefficient (Wildman–Crippen LogP) is -4.65. The van der Waals surface area contributed by atoms with Crippen LogP contribution in [0.5, 0.6) is 0 Å². The van der Waals surface area contributed by atoms with Crippen molar-refractivity contribution in [3.05, 3.63) is 0 Å². The summed E-state index contributed by atoms with van der Waals surface area (Å²) in [6.07, 6.45) is -10.1. The van der Waals surface area contributed by atoms with Crippen LogP contribution >= 0.6 is 0 Å². The summed E-state index contributed by atoms with van der Waals surface area (Å²) in [7, 11) is 0. The first-order valence-electron chi connectivity index (χ1n) is 9.39. The van der Waals surface area contributed by atoms with Crippen molar-refractivity contribution in [1.82, 2.24) is 10.6 Å². The summed E-state index contributed by atoms with van der Waals surface area (Å²) < 4.78 is 11.3. The highest BCUT2D eigenvalue weighted by atomic mass is 16.5. The van der Waals surface area contributed by atoms with Gasteiger partial charge in [-0.3, -0.25) is 9.59 Å². The van der Waals surface area contributed by atoms with Crippen LogP contribution in [0.1, 0.15) is 20.3 Å². The number of rotatable bonds is 6. The third-order valence-corrected chi connectivity index (χ3v) is 5.26. The summed E-state index contributed by atoms with van der Waals surface area (Å²) in [5, 5.41) is 64.8. The molecule has 2 saturated heterocycles. The van der Waals surface area contributed by atoms with Crippen molar-refractivity contribution in [2.75, 3.05) is 13.2 Å². The van der Waals surface area contributed by atoms with Crippen molar-refractivity contribution in [2.45, 2.75) is 81.2 Å². The SMILES string of the molecule is CC(=O)N[C@H]1C(CC2O[C@H](CO)[C@@H](O)[C@H](O)[C@H]2NC(C)=O)O[C@H](CO)[C@@H](O)[C@@H]1O. The van der Waals surface area contributed by atoms with E-state index in [4.69, 9.17) is 9.47 Å². The first-order chi connectivity index (χ1) is 13.6. The van der Waals surface area contributed by atoms with Crippen LogP contribution in [-0.4, -0.2) is 117 Å². The van der Waals surface area contributed by atoms with Gasteiger partial charge < -0.3 is 50.7 Å². The fourth-order valence-corrected chi connectivity index (χ4v) is 3.85. The molecule has 2 amide bonds. The standard InChI is InChI=1S/C17H30N2O10/c1-6(22)18-12-8(28-10(4-20)14(24)16(12)26)3-9-13(19-7(2)23)17(27)15(25)11(5-21)29-9/h8-17,20-21,24-27H,3-5H2,1-2H3,(H,18,22)(H,19,23)/t8?,9?,10-,11-,12+,13+,14-,15-,16-,17-/m1/s1. The fraction of sp³-hybridized carbons (Fsp3) is 0.882. The van der Waals surface area contributed by atoms with Gasteiger partial charge in [-0.1, -0.05) is 0 Å². The Balaban J connectivity index is 2.28. The van der Waals surface area contributed by atoms with Gasteiger partial charge in [0.1, 0.15) is 36.6 Å². The maximum atomic E-state index is 11.6. The van der Waals surface area contributed by atoms with E-state index in [1.54, 1.807) is 0 Å². The van der Waals surface area contributed by atoms with E-state index in [0.717, 1.165) is 0 Å². The number of hydrogen-bond donors (Lipinski definition) is 8. The van der Waals surface area contributed by atoms with Crippen LogP contribution in [0.4, 0.5) is 0 Å². The first kappa shape index (κ1) is 23.9. The van der Waals surface area contributed by atoms with Gasteiger partial charge in [-0.15, -0.1) is 0 Å². The molecule has 2 fully saturated rings. The molecule has 0 saturated carbocycles. The molecule has 0 aromatic rings. The fourth-order valence-electron chi connectivity index (χ4n) is 3.85. The summed E-state index contributed by atoms with van der Waals surface area (Å²) in [5.74, 6) is -0.993. The second-order valence-corrected chi connectivity index (χ2v) is 7.44. The molecule has 0 aromatic carbocycles. The van der Waals surface area contributed by atoms with Gasteiger partial charge in [0.15, 0.2) is 0 Å². The highest BCUT2D eigenvalue weighted by Gasteiger charge is 2.49. The third kappa shape index (κ3) is 5.41. The summed E-state index contributed by atoms with van der Waals surface area (Å²) in [5.41, 5.74) is 0. The Labute approximate surface area is 167 Å². The Kier molecular flexibility index (Phi) is 8.31. The molecular formula is C17H30N2O10. The van der Waals surface area contributed by atoms with Gasteiger partial charge in [0.05, 0.1) is 37.5 Å². The molecule has 0 aliphatic carbocycles. The van der Waals surface area contributed by atoms with Crippen LogP contribution in [0.25, 0.3) is 0 Å². The molecule has 0 spiro atoms. The van der Waals surface area contributed by atoms with Gasteiger partial charge in [-0.2, -0.15) is 0 Å². The van der Waals surface area contributed by atoms with E-state index in [1.807, 2.05) is 0 Å². The molecule has 0 bridgehead atoms. The summed E-state index contributed by atoms with van der Waals surface area (Å²) in [4.78, 5) is 23.1. The quantitative estimate of drug-likeness (QED) is 0.206. The molecule has 2 heterocycles. The van der Waals surface area contributed by atoms with Crippen molar-refractivity contribution >= 4 is 11.8 Å². The van der Waals surface area contributed by atoms with E-state index in [1.165, 1.54) is 13.8 Å². The Morgan fingerprint density at radius 1 is 0.690 bits per heavy atom. The van der Waals surface area contributed by atoms with E-state index in [0.29, 0.717) is 0 Å². The van der Waals surface area contributed by atoms with Crippen LogP contribution in [0.2, 0.25) is 0 Å². The maximum Gasteiger partial charge on any atom is 0.217 e. The topological polar surface area (TPSA) is 198 Å². The third-order valence-electron chi connectivity index (χ3n) is 5.26. The van der Waals surface area contributed by atoms with E-state index in [-0.39, 0.29) is 6.42 Å². The number of aliphatic hydroxyl groups is 6. The average Bonchev–Trinajstić information content (AvgIpc) is 2.66. The first-order valence-corrected chi connectivity index (χ1v) is 9.39. The Hall–Kier alpha value is -1.38. The number of aliphatic hydroxyl groups excluding tert-OH is 6. The van der Waals surface area contributed by atoms with Gasteiger partial charge in [0.2, 0.25) is 11.8 Å². The maximum absolute atomic E-state index is 11.6. The van der Waals surface area contributed by atoms with Crippen molar-refractivity contribution in [3.8, 4) is 0 Å². The Bertz CT molecular complexity index is 530. The van der Waals surface area contributed by atoms with Gasteiger partial charge >= 0.3 is 0 Å². The Morgan fingerprint density at radius 2 is 1.03 bits per heavy atom. The smallest absolute Gasteiger partial charge is 0.217 e. The molecule has 10 atom stereocenters. The number of nitrogens with one attached hydrogen (secondary N) is 2. The van der Waals surface area contributed by atoms with Gasteiger partial charge in [0.25, 0.3) is 0 Å². The predicted molar refractivity (Wildman–Crippen MR) is 95.3 cm³/mol. The molecule has 8 N–H and O–H groups in total. The van der Waals surface area contributed by atoms with Gasteiger partial charge in [-0.05, 0) is 0 Å². The minimum atomic E-state index is -1.46. The highest BCUT2D eigenvalue weighted by Crippen LogP contribution is 2.30. The molecule has 2 aliphatic heterocycles. The average molecular weight is 422 g/mol. The number of carbonyl (C=O) groups is 2. The van der Waals surface area contributed by atoms with Gasteiger partial charge in [-0.25, -0.2) is 0 Å². The largest absolute Gasteiger partial charge is 0.394 e. The molecule has 0 radical (unpaired) electrons. The second kappa shape index (κ2) is 10.1. The lowest BCUT2D eigenvalue weighted by atomic mass is 9.85. The lowest BCUT2D eigenvalue weighted by molar-refractivity contribution is -0.227. The van der Waals surface area contributed by atoms with Crippen LogP contribution in [0, 0.1) is 0 Å². The minimum absolute atomic E-state index is 0.101. The number of amides is 2. The zero-order valence-corrected chi connectivity index (χ0v) is 16.2. The molecule has 168 valence electrons. The zero-order chi connectivity index (χ0) is 21.9. The summed E-state index contributed by atoms with van der Waals surface area (Å²) in [6, 6.07) is -2.13. The van der Waals surface area contributed by atoms with Crippen molar-refractivity contribution < 1.29 is 49.7 Å². The molecule has 0 aromatic heterocycles. The lowest BCUT2D eigenvalue weighted by Crippen LogP contribution is -2.68. The second-order valence-electron chi connectivity index (χ2n) is 7.44. The number of carbonyl (C=O) groups excluding carboxylic acids is 2. The van der Waals surface area contributed by atoms with E-state index in [9.17, 15) is 40.2 Å². The van der Waals surface area contributed by atoms with Crippen molar-refractivity contribution in [3.63, 3.8) is 0 Å². The van der Waals surface area contributed by atoms with Crippen molar-refractivity contribution in [1.29, 1.82) is 0 Å². The number of ether oxygens (including phenoxy) is 2. The van der Waals surface area contributed by atoms with Crippen LogP contribution < -0.4 is 10.6 Å². The summed E-state index contributed by atoms with van der Waals surface area (Å²) in [6.45, 7) is 1.24. The molecule has 29 heavy (non-hydrogen) atoms. The van der Waals surface area contributed by atoms with E-state index < -0.39 is 85.9 Å².